The summed E-state index contributed by atoms with van der Waals surface area (Å²) in [4.78, 5) is 11.5. The third kappa shape index (κ3) is 1.61. The molecule has 0 amide bonds. The lowest BCUT2D eigenvalue weighted by atomic mass is 9.94. The Morgan fingerprint density at radius 3 is 3.05 bits per heavy atom. The van der Waals surface area contributed by atoms with Crippen LogP contribution in [-0.4, -0.2) is 18.9 Å². The average molecular weight is 270 g/mol. The highest BCUT2D eigenvalue weighted by Crippen LogP contribution is 2.51. The number of carbonyl (C=O) groups excluding carboxylic acids is 1. The Balaban J connectivity index is 1.99. The number of rotatable bonds is 1. The Bertz CT molecular complexity index is 707. The molecule has 2 aliphatic rings. The van der Waals surface area contributed by atoms with Crippen LogP contribution in [-0.2, 0) is 9.53 Å². The third-order valence-electron chi connectivity index (χ3n) is 3.90. The number of hydrogen-bond donors (Lipinski definition) is 0. The minimum Gasteiger partial charge on any atom is -0.464 e. The zero-order chi connectivity index (χ0) is 13.7. The van der Waals surface area contributed by atoms with Crippen molar-refractivity contribution in [3.05, 3.63) is 35.9 Å². The fourth-order valence-electron chi connectivity index (χ4n) is 3.09. The number of ether oxygens (including phenoxy) is 3. The molecule has 2 atom stereocenters. The number of benzene rings is 2. The molecule has 2 aromatic carbocycles. The summed E-state index contributed by atoms with van der Waals surface area (Å²) in [6.45, 7) is 2.10. The van der Waals surface area contributed by atoms with Crippen LogP contribution < -0.4 is 9.47 Å². The summed E-state index contributed by atoms with van der Waals surface area (Å²) in [5.74, 6) is 1.24. The zero-order valence-corrected chi connectivity index (χ0v) is 11.1. The molecule has 1 saturated heterocycles. The molecule has 2 aromatic rings. The summed E-state index contributed by atoms with van der Waals surface area (Å²) in [6, 6.07) is 9.86. The van der Waals surface area contributed by atoms with E-state index in [0.29, 0.717) is 12.4 Å². The Labute approximate surface area is 116 Å². The first-order valence-corrected chi connectivity index (χ1v) is 6.76. The van der Waals surface area contributed by atoms with Gasteiger partial charge >= 0.3 is 5.97 Å². The van der Waals surface area contributed by atoms with Crippen molar-refractivity contribution < 1.29 is 19.0 Å². The van der Waals surface area contributed by atoms with Crippen LogP contribution in [0.3, 0.4) is 0 Å². The fourth-order valence-corrected chi connectivity index (χ4v) is 3.09. The SMILES string of the molecule is CC(=O)Oc1c2c(cc3ccccc13)OC1OCCC21. The predicted octanol–water partition coefficient (Wildman–Crippen LogP) is 2.99. The summed E-state index contributed by atoms with van der Waals surface area (Å²) in [5.41, 5.74) is 0.974. The van der Waals surface area contributed by atoms with E-state index in [4.69, 9.17) is 14.2 Å². The highest BCUT2D eigenvalue weighted by molar-refractivity contribution is 5.94. The number of hydrogen-bond acceptors (Lipinski definition) is 4. The molecule has 102 valence electrons. The van der Waals surface area contributed by atoms with Gasteiger partial charge in [-0.2, -0.15) is 0 Å². The van der Waals surface area contributed by atoms with E-state index >= 15 is 0 Å². The minimum absolute atomic E-state index is 0.156. The summed E-state index contributed by atoms with van der Waals surface area (Å²) in [6.07, 6.45) is 0.653. The van der Waals surface area contributed by atoms with Gasteiger partial charge < -0.3 is 14.2 Å². The van der Waals surface area contributed by atoms with Crippen LogP contribution in [0.5, 0.6) is 11.5 Å². The van der Waals surface area contributed by atoms with Crippen LogP contribution in [0.2, 0.25) is 0 Å². The molecule has 0 N–H and O–H groups in total. The molecular weight excluding hydrogens is 256 g/mol. The van der Waals surface area contributed by atoms with Crippen LogP contribution in [0.25, 0.3) is 10.8 Å². The maximum Gasteiger partial charge on any atom is 0.308 e. The van der Waals surface area contributed by atoms with Gasteiger partial charge in [-0.1, -0.05) is 24.3 Å². The molecule has 0 bridgehead atoms. The van der Waals surface area contributed by atoms with Gasteiger partial charge in [0.15, 0.2) is 0 Å². The topological polar surface area (TPSA) is 44.8 Å². The molecule has 0 radical (unpaired) electrons. The molecule has 2 aliphatic heterocycles. The summed E-state index contributed by atoms with van der Waals surface area (Å²) in [7, 11) is 0. The second kappa shape index (κ2) is 4.21. The normalized spacial score (nSPS) is 23.2. The van der Waals surface area contributed by atoms with Crippen molar-refractivity contribution in [2.24, 2.45) is 0 Å². The first-order valence-electron chi connectivity index (χ1n) is 6.76. The standard InChI is InChI=1S/C16H14O4/c1-9(17)19-15-11-5-3-2-4-10(11)8-13-14(15)12-6-7-18-16(12)20-13/h2-5,8,12,16H,6-7H2,1H3. The van der Waals surface area contributed by atoms with Gasteiger partial charge in [0, 0.05) is 17.9 Å². The van der Waals surface area contributed by atoms with Crippen LogP contribution in [0, 0.1) is 0 Å². The lowest BCUT2D eigenvalue weighted by Gasteiger charge is -2.13. The third-order valence-corrected chi connectivity index (χ3v) is 3.90. The van der Waals surface area contributed by atoms with Crippen molar-refractivity contribution in [1.29, 1.82) is 0 Å². The lowest BCUT2D eigenvalue weighted by molar-refractivity contribution is -0.131. The van der Waals surface area contributed by atoms with E-state index in [0.717, 1.165) is 28.5 Å². The van der Waals surface area contributed by atoms with Crippen LogP contribution >= 0.6 is 0 Å². The minimum atomic E-state index is -0.314. The van der Waals surface area contributed by atoms with E-state index in [1.54, 1.807) is 0 Å². The van der Waals surface area contributed by atoms with Gasteiger partial charge in [-0.25, -0.2) is 0 Å². The van der Waals surface area contributed by atoms with Gasteiger partial charge in [-0.15, -0.1) is 0 Å². The van der Waals surface area contributed by atoms with E-state index < -0.39 is 0 Å². The molecule has 4 heteroatoms. The van der Waals surface area contributed by atoms with Gasteiger partial charge in [0.05, 0.1) is 12.5 Å². The molecule has 4 rings (SSSR count). The van der Waals surface area contributed by atoms with Crippen LogP contribution in [0.4, 0.5) is 0 Å². The van der Waals surface area contributed by atoms with Gasteiger partial charge in [0.25, 0.3) is 0 Å². The number of carbonyl (C=O) groups is 1. The Morgan fingerprint density at radius 1 is 1.35 bits per heavy atom. The van der Waals surface area contributed by atoms with Crippen molar-refractivity contribution >= 4 is 16.7 Å². The van der Waals surface area contributed by atoms with Crippen molar-refractivity contribution in [3.8, 4) is 11.5 Å². The van der Waals surface area contributed by atoms with E-state index in [9.17, 15) is 4.79 Å². The molecule has 0 spiro atoms. The van der Waals surface area contributed by atoms with Crippen LogP contribution in [0.1, 0.15) is 24.8 Å². The lowest BCUT2D eigenvalue weighted by Crippen LogP contribution is -2.14. The Hall–Kier alpha value is -2.07. The Morgan fingerprint density at radius 2 is 2.20 bits per heavy atom. The monoisotopic (exact) mass is 270 g/mol. The number of esters is 1. The maximum atomic E-state index is 11.5. The van der Waals surface area contributed by atoms with E-state index in [2.05, 4.69) is 0 Å². The van der Waals surface area contributed by atoms with Crippen molar-refractivity contribution in [3.63, 3.8) is 0 Å². The van der Waals surface area contributed by atoms with Gasteiger partial charge in [-0.05, 0) is 17.9 Å². The van der Waals surface area contributed by atoms with Gasteiger partial charge in [-0.3, -0.25) is 4.79 Å². The van der Waals surface area contributed by atoms with Crippen molar-refractivity contribution in [1.82, 2.24) is 0 Å². The molecule has 2 heterocycles. The molecule has 0 aromatic heterocycles. The van der Waals surface area contributed by atoms with Crippen molar-refractivity contribution in [2.45, 2.75) is 25.6 Å². The predicted molar refractivity (Wildman–Crippen MR) is 73.0 cm³/mol. The average Bonchev–Trinajstić information content (AvgIpc) is 2.98. The Kier molecular flexibility index (Phi) is 2.47. The molecule has 1 fully saturated rings. The van der Waals surface area contributed by atoms with Gasteiger partial charge in [0.2, 0.25) is 6.29 Å². The van der Waals surface area contributed by atoms with E-state index in [1.165, 1.54) is 6.92 Å². The molecule has 2 unspecified atom stereocenters. The largest absolute Gasteiger partial charge is 0.464 e. The van der Waals surface area contributed by atoms with Crippen LogP contribution in [0.15, 0.2) is 30.3 Å². The quantitative estimate of drug-likeness (QED) is 0.590. The molecule has 4 nitrogen and oxygen atoms in total. The highest BCUT2D eigenvalue weighted by Gasteiger charge is 2.42. The second-order valence-corrected chi connectivity index (χ2v) is 5.18. The van der Waals surface area contributed by atoms with Crippen molar-refractivity contribution in [2.75, 3.05) is 6.61 Å². The molecule has 0 saturated carbocycles. The summed E-state index contributed by atoms with van der Waals surface area (Å²) < 4.78 is 16.9. The fraction of sp³-hybridized carbons (Fsp3) is 0.312. The number of fused-ring (bicyclic) bond motifs is 4. The maximum absolute atomic E-state index is 11.5. The second-order valence-electron chi connectivity index (χ2n) is 5.18. The van der Waals surface area contributed by atoms with Gasteiger partial charge in [0.1, 0.15) is 11.5 Å². The highest BCUT2D eigenvalue weighted by atomic mass is 16.7. The summed E-state index contributed by atoms with van der Waals surface area (Å²) in [5, 5.41) is 1.94. The first kappa shape index (κ1) is 11.7. The summed E-state index contributed by atoms with van der Waals surface area (Å²) >= 11 is 0. The molecule has 0 aliphatic carbocycles. The first-order chi connectivity index (χ1) is 9.74. The zero-order valence-electron chi connectivity index (χ0n) is 11.1. The van der Waals surface area contributed by atoms with E-state index in [1.807, 2.05) is 30.3 Å². The van der Waals surface area contributed by atoms with E-state index in [-0.39, 0.29) is 18.2 Å². The molecule has 20 heavy (non-hydrogen) atoms. The smallest absolute Gasteiger partial charge is 0.308 e. The molecular formula is C16H14O4.